The molecule has 182 valence electrons. The first-order valence-electron chi connectivity index (χ1n) is 11.4. The highest BCUT2D eigenvalue weighted by molar-refractivity contribution is 7.23. The summed E-state index contributed by atoms with van der Waals surface area (Å²) < 4.78 is 12.4. The van der Waals surface area contributed by atoms with Crippen LogP contribution in [0.4, 0.5) is 5.13 Å². The number of carbonyl (C=O) groups excluding carboxylic acids is 1. The van der Waals surface area contributed by atoms with Gasteiger partial charge in [-0.2, -0.15) is 0 Å². The Hall–Kier alpha value is -1.90. The summed E-state index contributed by atoms with van der Waals surface area (Å²) in [5.74, 6) is 0.427. The fourth-order valence-electron chi connectivity index (χ4n) is 3.93. The van der Waals surface area contributed by atoms with Crippen molar-refractivity contribution in [3.8, 4) is 5.75 Å². The Labute approximate surface area is 214 Å². The quantitative estimate of drug-likeness (QED) is 0.373. The normalized spacial score (nSPS) is 15.0. The van der Waals surface area contributed by atoms with Crippen molar-refractivity contribution in [2.45, 2.75) is 32.8 Å². The Balaban J connectivity index is 1.59. The second kappa shape index (κ2) is 10.8. The van der Waals surface area contributed by atoms with Crippen molar-refractivity contribution < 1.29 is 14.3 Å². The molecule has 0 atom stereocenters. The summed E-state index contributed by atoms with van der Waals surface area (Å²) in [6.07, 6.45) is 0.811. The maximum atomic E-state index is 13.8. The molecular weight excluding hydrogens is 493 g/mol. The van der Waals surface area contributed by atoms with Crippen LogP contribution in [-0.2, 0) is 9.53 Å². The molecule has 4 rings (SSSR count). The molecule has 0 unspecified atom stereocenters. The lowest BCUT2D eigenvalue weighted by atomic mass is 10.1. The van der Waals surface area contributed by atoms with E-state index in [0.29, 0.717) is 27.5 Å². The van der Waals surface area contributed by atoms with E-state index in [1.165, 1.54) is 11.3 Å². The van der Waals surface area contributed by atoms with Crippen molar-refractivity contribution in [1.29, 1.82) is 0 Å². The van der Waals surface area contributed by atoms with E-state index in [0.717, 1.165) is 55.0 Å². The SMILES string of the molecule is Cc1ccc(Cl)c2sc(N(CCCN3CCOCC3)C(=O)C(C)(C)Oc3ccc(Cl)cc3)nc12. The van der Waals surface area contributed by atoms with Crippen molar-refractivity contribution >= 4 is 55.8 Å². The largest absolute Gasteiger partial charge is 0.478 e. The standard InChI is InChI=1S/C25H29Cl2N3O3S/c1-17-5-10-20(27)22-21(17)28-24(34-22)30(12-4-11-29-13-15-32-16-14-29)23(31)25(2,3)33-19-8-6-18(26)7-9-19/h5-10H,4,11-16H2,1-3H3. The third-order valence-electron chi connectivity index (χ3n) is 5.82. The number of fused-ring (bicyclic) bond motifs is 1. The fourth-order valence-corrected chi connectivity index (χ4v) is 5.40. The molecule has 3 aromatic rings. The number of benzene rings is 2. The van der Waals surface area contributed by atoms with Crippen molar-refractivity contribution in [2.75, 3.05) is 44.3 Å². The molecule has 2 aromatic carbocycles. The van der Waals surface area contributed by atoms with Crippen LogP contribution in [-0.4, -0.2) is 60.8 Å². The number of aromatic nitrogens is 1. The van der Waals surface area contributed by atoms with Gasteiger partial charge in [-0.05, 0) is 63.1 Å². The second-order valence-corrected chi connectivity index (χ2v) is 10.7. The Bertz CT molecular complexity index is 1110. The third kappa shape index (κ3) is 5.83. The molecule has 0 spiro atoms. The van der Waals surface area contributed by atoms with E-state index < -0.39 is 5.60 Å². The Morgan fingerprint density at radius 1 is 1.18 bits per heavy atom. The van der Waals surface area contributed by atoms with Crippen LogP contribution in [0.15, 0.2) is 36.4 Å². The predicted molar refractivity (Wildman–Crippen MR) is 140 cm³/mol. The molecule has 34 heavy (non-hydrogen) atoms. The van der Waals surface area contributed by atoms with Gasteiger partial charge in [0, 0.05) is 31.2 Å². The molecule has 0 N–H and O–H groups in total. The van der Waals surface area contributed by atoms with Gasteiger partial charge < -0.3 is 9.47 Å². The minimum atomic E-state index is -1.11. The number of thiazole rings is 1. The number of carbonyl (C=O) groups is 1. The minimum absolute atomic E-state index is 0.155. The first-order chi connectivity index (χ1) is 16.2. The highest BCUT2D eigenvalue weighted by Gasteiger charge is 2.36. The smallest absolute Gasteiger partial charge is 0.272 e. The molecule has 1 aliphatic rings. The molecule has 1 aromatic heterocycles. The lowest BCUT2D eigenvalue weighted by Crippen LogP contribution is -2.50. The lowest BCUT2D eigenvalue weighted by Gasteiger charge is -2.32. The number of hydrogen-bond acceptors (Lipinski definition) is 6. The summed E-state index contributed by atoms with van der Waals surface area (Å²) >= 11 is 13.9. The minimum Gasteiger partial charge on any atom is -0.478 e. The summed E-state index contributed by atoms with van der Waals surface area (Å²) in [5.41, 5.74) is 0.748. The number of ether oxygens (including phenoxy) is 2. The van der Waals surface area contributed by atoms with Crippen LogP contribution in [0.2, 0.25) is 10.0 Å². The molecule has 1 fully saturated rings. The summed E-state index contributed by atoms with van der Waals surface area (Å²) in [4.78, 5) is 22.8. The van der Waals surface area contributed by atoms with Crippen LogP contribution in [0, 0.1) is 6.92 Å². The molecule has 1 aliphatic heterocycles. The van der Waals surface area contributed by atoms with E-state index in [2.05, 4.69) is 4.90 Å². The maximum Gasteiger partial charge on any atom is 0.272 e. The number of rotatable bonds is 8. The van der Waals surface area contributed by atoms with Gasteiger partial charge in [0.1, 0.15) is 5.75 Å². The van der Waals surface area contributed by atoms with E-state index in [-0.39, 0.29) is 5.91 Å². The highest BCUT2D eigenvalue weighted by atomic mass is 35.5. The van der Waals surface area contributed by atoms with Gasteiger partial charge in [-0.1, -0.05) is 40.6 Å². The Kier molecular flexibility index (Phi) is 8.00. The van der Waals surface area contributed by atoms with Crippen molar-refractivity contribution in [3.05, 3.63) is 52.0 Å². The average Bonchev–Trinajstić information content (AvgIpc) is 3.27. The summed E-state index contributed by atoms with van der Waals surface area (Å²) in [7, 11) is 0. The van der Waals surface area contributed by atoms with Crippen molar-refractivity contribution in [1.82, 2.24) is 9.88 Å². The predicted octanol–water partition coefficient (Wildman–Crippen LogP) is 5.82. The molecule has 0 aliphatic carbocycles. The summed E-state index contributed by atoms with van der Waals surface area (Å²) in [6.45, 7) is 10.3. The number of amides is 1. The Morgan fingerprint density at radius 3 is 2.56 bits per heavy atom. The van der Waals surface area contributed by atoms with Crippen LogP contribution in [0.1, 0.15) is 25.8 Å². The summed E-state index contributed by atoms with van der Waals surface area (Å²) in [5, 5.41) is 1.88. The number of halogens is 2. The van der Waals surface area contributed by atoms with E-state index in [1.54, 1.807) is 43.0 Å². The van der Waals surface area contributed by atoms with Gasteiger partial charge in [0.05, 0.1) is 28.5 Å². The number of nitrogens with zero attached hydrogens (tertiary/aromatic N) is 3. The molecule has 6 nitrogen and oxygen atoms in total. The molecule has 1 saturated heterocycles. The van der Waals surface area contributed by atoms with Crippen LogP contribution in [0.25, 0.3) is 10.2 Å². The van der Waals surface area contributed by atoms with Gasteiger partial charge in [-0.25, -0.2) is 4.98 Å². The third-order valence-corrected chi connectivity index (χ3v) is 7.61. The molecule has 0 radical (unpaired) electrons. The maximum absolute atomic E-state index is 13.8. The monoisotopic (exact) mass is 521 g/mol. The second-order valence-electron chi connectivity index (χ2n) is 8.87. The first kappa shape index (κ1) is 25.2. The fraction of sp³-hybridized carbons (Fsp3) is 0.440. The highest BCUT2D eigenvalue weighted by Crippen LogP contribution is 2.36. The number of anilines is 1. The molecule has 0 bridgehead atoms. The number of aryl methyl sites for hydroxylation is 1. The van der Waals surface area contributed by atoms with Crippen molar-refractivity contribution in [3.63, 3.8) is 0 Å². The number of hydrogen-bond donors (Lipinski definition) is 0. The zero-order valence-corrected chi connectivity index (χ0v) is 22.0. The van der Waals surface area contributed by atoms with E-state index in [1.807, 2.05) is 19.1 Å². The van der Waals surface area contributed by atoms with Crippen LogP contribution in [0.3, 0.4) is 0 Å². The van der Waals surface area contributed by atoms with E-state index in [9.17, 15) is 4.79 Å². The van der Waals surface area contributed by atoms with Gasteiger partial charge in [0.2, 0.25) is 0 Å². The van der Waals surface area contributed by atoms with Gasteiger partial charge >= 0.3 is 0 Å². The van der Waals surface area contributed by atoms with E-state index in [4.69, 9.17) is 37.7 Å². The van der Waals surface area contributed by atoms with Crippen LogP contribution >= 0.6 is 34.5 Å². The number of morpholine rings is 1. The zero-order valence-electron chi connectivity index (χ0n) is 19.6. The summed E-state index contributed by atoms with van der Waals surface area (Å²) in [6, 6.07) is 10.8. The van der Waals surface area contributed by atoms with Gasteiger partial charge in [-0.15, -0.1) is 0 Å². The topological polar surface area (TPSA) is 54.9 Å². The average molecular weight is 522 g/mol. The zero-order chi connectivity index (χ0) is 24.3. The first-order valence-corrected chi connectivity index (χ1v) is 12.9. The Morgan fingerprint density at radius 2 is 1.88 bits per heavy atom. The molecule has 0 saturated carbocycles. The van der Waals surface area contributed by atoms with Gasteiger partial charge in [0.15, 0.2) is 10.7 Å². The van der Waals surface area contributed by atoms with Crippen LogP contribution < -0.4 is 9.64 Å². The molecular formula is C25H29Cl2N3O3S. The van der Waals surface area contributed by atoms with Crippen molar-refractivity contribution in [2.24, 2.45) is 0 Å². The molecule has 2 heterocycles. The molecule has 1 amide bonds. The lowest BCUT2D eigenvalue weighted by molar-refractivity contribution is -0.131. The van der Waals surface area contributed by atoms with E-state index >= 15 is 0 Å². The van der Waals surface area contributed by atoms with Crippen LogP contribution in [0.5, 0.6) is 5.75 Å². The van der Waals surface area contributed by atoms with Gasteiger partial charge in [0.25, 0.3) is 5.91 Å². The van der Waals surface area contributed by atoms with Gasteiger partial charge in [-0.3, -0.25) is 14.6 Å². The molecule has 9 heteroatoms.